The lowest BCUT2D eigenvalue weighted by Crippen LogP contribution is -2.35. The van der Waals surface area contributed by atoms with Gasteiger partial charge in [-0.1, -0.05) is 12.1 Å². The number of nitrogens with zero attached hydrogens (tertiary/aromatic N) is 1. The van der Waals surface area contributed by atoms with E-state index in [1.807, 2.05) is 0 Å². The lowest BCUT2D eigenvalue weighted by atomic mass is 10.2. The Hall–Kier alpha value is -2.87. The van der Waals surface area contributed by atoms with Crippen LogP contribution in [0.3, 0.4) is 0 Å². The molecule has 0 radical (unpaired) electrons. The number of halogens is 1. The van der Waals surface area contributed by atoms with Crippen LogP contribution >= 0.6 is 15.9 Å². The van der Waals surface area contributed by atoms with Crippen LogP contribution in [-0.2, 0) is 4.79 Å². The summed E-state index contributed by atoms with van der Waals surface area (Å²) in [6.45, 7) is -0.208. The molecule has 0 fully saturated rings. The van der Waals surface area contributed by atoms with E-state index in [0.29, 0.717) is 17.1 Å². The number of rotatable bonds is 7. The first-order valence-corrected chi connectivity index (χ1v) is 8.41. The largest absolute Gasteiger partial charge is 0.496 e. The van der Waals surface area contributed by atoms with Crippen LogP contribution < -0.4 is 20.2 Å². The zero-order valence-electron chi connectivity index (χ0n) is 14.3. The molecule has 0 aliphatic carbocycles. The first-order valence-electron chi connectivity index (χ1n) is 7.61. The SMILES string of the molecule is COc1ccc(C=NNC(=O)CNC(=O)c2ccccc2OC)cc1Br. The molecule has 0 spiro atoms. The van der Waals surface area contributed by atoms with Gasteiger partial charge in [-0.2, -0.15) is 5.10 Å². The van der Waals surface area contributed by atoms with Gasteiger partial charge in [0.15, 0.2) is 0 Å². The van der Waals surface area contributed by atoms with Crippen LogP contribution in [0.5, 0.6) is 11.5 Å². The number of hydrogen-bond donors (Lipinski definition) is 2. The Kier molecular flexibility index (Phi) is 7.16. The number of hydrazone groups is 1. The Morgan fingerprint density at radius 2 is 1.85 bits per heavy atom. The zero-order chi connectivity index (χ0) is 18.9. The molecule has 0 unspecified atom stereocenters. The Morgan fingerprint density at radius 3 is 2.54 bits per heavy atom. The number of hydrogen-bond acceptors (Lipinski definition) is 5. The van der Waals surface area contributed by atoms with Crippen LogP contribution in [0.2, 0.25) is 0 Å². The van der Waals surface area contributed by atoms with Crippen molar-refractivity contribution in [3.63, 3.8) is 0 Å². The number of carbonyl (C=O) groups is 2. The molecular weight excluding hydrogens is 402 g/mol. The molecule has 0 saturated carbocycles. The molecule has 2 aromatic rings. The van der Waals surface area contributed by atoms with Crippen molar-refractivity contribution in [2.75, 3.05) is 20.8 Å². The molecule has 2 N–H and O–H groups in total. The van der Waals surface area contributed by atoms with Gasteiger partial charge in [0.05, 0.1) is 37.0 Å². The van der Waals surface area contributed by atoms with E-state index in [9.17, 15) is 9.59 Å². The van der Waals surface area contributed by atoms with E-state index in [0.717, 1.165) is 10.0 Å². The molecule has 0 heterocycles. The highest BCUT2D eigenvalue weighted by Gasteiger charge is 2.12. The first-order chi connectivity index (χ1) is 12.5. The topological polar surface area (TPSA) is 89.0 Å². The molecule has 2 aromatic carbocycles. The minimum atomic E-state index is -0.447. The van der Waals surface area contributed by atoms with Gasteiger partial charge >= 0.3 is 0 Å². The van der Waals surface area contributed by atoms with Crippen molar-refractivity contribution >= 4 is 34.0 Å². The average molecular weight is 420 g/mol. The molecule has 0 aliphatic rings. The number of amides is 2. The smallest absolute Gasteiger partial charge is 0.259 e. The van der Waals surface area contributed by atoms with E-state index in [2.05, 4.69) is 31.8 Å². The minimum Gasteiger partial charge on any atom is -0.496 e. The molecule has 0 aromatic heterocycles. The van der Waals surface area contributed by atoms with Crippen molar-refractivity contribution < 1.29 is 19.1 Å². The maximum Gasteiger partial charge on any atom is 0.259 e. The second-order valence-corrected chi connectivity index (χ2v) is 5.92. The maximum absolute atomic E-state index is 12.1. The molecule has 2 rings (SSSR count). The standard InChI is InChI=1S/C18H18BrN3O4/c1-25-15-6-4-3-5-13(15)18(24)20-11-17(23)22-21-10-12-7-8-16(26-2)14(19)9-12/h3-10H,11H2,1-2H3,(H,20,24)(H,22,23). The lowest BCUT2D eigenvalue weighted by Gasteiger charge is -2.08. The van der Waals surface area contributed by atoms with E-state index in [4.69, 9.17) is 9.47 Å². The normalized spacial score (nSPS) is 10.4. The summed E-state index contributed by atoms with van der Waals surface area (Å²) in [5, 5.41) is 6.38. The Morgan fingerprint density at radius 1 is 1.12 bits per heavy atom. The van der Waals surface area contributed by atoms with Crippen molar-refractivity contribution in [2.45, 2.75) is 0 Å². The van der Waals surface area contributed by atoms with Crippen molar-refractivity contribution in [3.8, 4) is 11.5 Å². The fourth-order valence-electron chi connectivity index (χ4n) is 2.07. The molecule has 0 atom stereocenters. The summed E-state index contributed by atoms with van der Waals surface area (Å²) in [7, 11) is 3.05. The molecule has 0 saturated heterocycles. The van der Waals surface area contributed by atoms with Crippen LogP contribution in [0.1, 0.15) is 15.9 Å². The predicted octanol–water partition coefficient (Wildman–Crippen LogP) is 2.35. The van der Waals surface area contributed by atoms with Gasteiger partial charge in [0.1, 0.15) is 11.5 Å². The number of para-hydroxylation sites is 1. The molecule has 136 valence electrons. The van der Waals surface area contributed by atoms with Gasteiger partial charge < -0.3 is 14.8 Å². The zero-order valence-corrected chi connectivity index (χ0v) is 15.9. The van der Waals surface area contributed by atoms with E-state index < -0.39 is 11.8 Å². The third-order valence-corrected chi connectivity index (χ3v) is 3.96. The molecule has 26 heavy (non-hydrogen) atoms. The number of nitrogens with one attached hydrogen (secondary N) is 2. The minimum absolute atomic E-state index is 0.208. The van der Waals surface area contributed by atoms with Gasteiger partial charge in [-0.05, 0) is 51.8 Å². The van der Waals surface area contributed by atoms with Crippen molar-refractivity contribution in [1.29, 1.82) is 0 Å². The van der Waals surface area contributed by atoms with Gasteiger partial charge in [0, 0.05) is 0 Å². The lowest BCUT2D eigenvalue weighted by molar-refractivity contribution is -0.120. The second-order valence-electron chi connectivity index (χ2n) is 5.07. The van der Waals surface area contributed by atoms with E-state index in [1.165, 1.54) is 13.3 Å². The van der Waals surface area contributed by atoms with Crippen LogP contribution in [0.4, 0.5) is 0 Å². The highest BCUT2D eigenvalue weighted by atomic mass is 79.9. The van der Waals surface area contributed by atoms with Crippen LogP contribution in [-0.4, -0.2) is 38.8 Å². The van der Waals surface area contributed by atoms with Crippen LogP contribution in [0.25, 0.3) is 0 Å². The number of methoxy groups -OCH3 is 2. The van der Waals surface area contributed by atoms with Gasteiger partial charge in [0.25, 0.3) is 11.8 Å². The Balaban J connectivity index is 1.85. The number of benzene rings is 2. The summed E-state index contributed by atoms with van der Waals surface area (Å²) in [6, 6.07) is 12.1. The summed E-state index contributed by atoms with van der Waals surface area (Å²) in [6.07, 6.45) is 1.49. The molecule has 0 bridgehead atoms. The summed E-state index contributed by atoms with van der Waals surface area (Å²) in [4.78, 5) is 23.9. The summed E-state index contributed by atoms with van der Waals surface area (Å²) in [5.41, 5.74) is 3.48. The van der Waals surface area contributed by atoms with Gasteiger partial charge in [-0.25, -0.2) is 5.43 Å². The van der Waals surface area contributed by atoms with Crippen molar-refractivity contribution in [2.24, 2.45) is 5.10 Å². The highest BCUT2D eigenvalue weighted by Crippen LogP contribution is 2.24. The fraction of sp³-hybridized carbons (Fsp3) is 0.167. The van der Waals surface area contributed by atoms with E-state index >= 15 is 0 Å². The monoisotopic (exact) mass is 419 g/mol. The molecule has 8 heteroatoms. The molecule has 0 aliphatic heterocycles. The van der Waals surface area contributed by atoms with Gasteiger partial charge in [0.2, 0.25) is 0 Å². The highest BCUT2D eigenvalue weighted by molar-refractivity contribution is 9.10. The Labute approximate surface area is 159 Å². The second kappa shape index (κ2) is 9.57. The maximum atomic E-state index is 12.1. The molecular formula is C18H18BrN3O4. The van der Waals surface area contributed by atoms with Crippen molar-refractivity contribution in [1.82, 2.24) is 10.7 Å². The predicted molar refractivity (Wildman–Crippen MR) is 102 cm³/mol. The van der Waals surface area contributed by atoms with Crippen LogP contribution in [0.15, 0.2) is 52.0 Å². The summed E-state index contributed by atoms with van der Waals surface area (Å²) in [5.74, 6) is 0.288. The number of carbonyl (C=O) groups excluding carboxylic acids is 2. The summed E-state index contributed by atoms with van der Waals surface area (Å²) < 4.78 is 11.0. The third kappa shape index (κ3) is 5.32. The first kappa shape index (κ1) is 19.5. The average Bonchev–Trinajstić information content (AvgIpc) is 2.66. The van der Waals surface area contributed by atoms with Gasteiger partial charge in [-0.3, -0.25) is 9.59 Å². The van der Waals surface area contributed by atoms with Crippen LogP contribution in [0, 0.1) is 0 Å². The van der Waals surface area contributed by atoms with E-state index in [-0.39, 0.29) is 6.54 Å². The molecule has 7 nitrogen and oxygen atoms in total. The number of ether oxygens (including phenoxy) is 2. The summed E-state index contributed by atoms with van der Waals surface area (Å²) >= 11 is 3.37. The molecule has 2 amide bonds. The Bertz CT molecular complexity index is 824. The quantitative estimate of drug-likeness (QED) is 0.532. The van der Waals surface area contributed by atoms with E-state index in [1.54, 1.807) is 49.6 Å². The van der Waals surface area contributed by atoms with Gasteiger partial charge in [-0.15, -0.1) is 0 Å². The fourth-order valence-corrected chi connectivity index (χ4v) is 2.63. The van der Waals surface area contributed by atoms with Crippen molar-refractivity contribution in [3.05, 3.63) is 58.1 Å². The third-order valence-electron chi connectivity index (χ3n) is 3.34.